The van der Waals surface area contributed by atoms with Crippen LogP contribution in [0.25, 0.3) is 0 Å². The molecule has 134 valence electrons. The molecule has 0 unspecified atom stereocenters. The van der Waals surface area contributed by atoms with Gasteiger partial charge in [0.05, 0.1) is 13.7 Å². The number of aromatic nitrogens is 3. The van der Waals surface area contributed by atoms with Crippen LogP contribution in [0.5, 0.6) is 5.75 Å². The van der Waals surface area contributed by atoms with Gasteiger partial charge >= 0.3 is 0 Å². The Morgan fingerprint density at radius 1 is 1.24 bits per heavy atom. The third kappa shape index (κ3) is 4.29. The highest BCUT2D eigenvalue weighted by molar-refractivity contribution is 5.79. The second-order valence-electron chi connectivity index (χ2n) is 6.06. The van der Waals surface area contributed by atoms with Crippen molar-refractivity contribution in [2.45, 2.75) is 38.8 Å². The van der Waals surface area contributed by atoms with E-state index in [2.05, 4.69) is 36.5 Å². The number of aliphatic imine (C=N–C) groups is 1. The number of hydrogen-bond acceptors (Lipinski definition) is 4. The zero-order valence-corrected chi connectivity index (χ0v) is 15.0. The first-order valence-electron chi connectivity index (χ1n) is 8.79. The van der Waals surface area contributed by atoms with Gasteiger partial charge < -0.3 is 19.9 Å². The van der Waals surface area contributed by atoms with E-state index in [9.17, 15) is 0 Å². The van der Waals surface area contributed by atoms with E-state index < -0.39 is 0 Å². The summed E-state index contributed by atoms with van der Waals surface area (Å²) in [5.41, 5.74) is 1.18. The van der Waals surface area contributed by atoms with Crippen LogP contribution in [0, 0.1) is 0 Å². The van der Waals surface area contributed by atoms with Crippen molar-refractivity contribution >= 4 is 5.96 Å². The molecule has 0 bridgehead atoms. The Hall–Kier alpha value is -2.57. The molecule has 25 heavy (non-hydrogen) atoms. The van der Waals surface area contributed by atoms with E-state index in [-0.39, 0.29) is 0 Å². The van der Waals surface area contributed by atoms with Gasteiger partial charge in [0, 0.05) is 26.6 Å². The molecule has 2 aromatic rings. The van der Waals surface area contributed by atoms with Crippen LogP contribution in [0.2, 0.25) is 0 Å². The van der Waals surface area contributed by atoms with Crippen molar-refractivity contribution in [1.82, 2.24) is 25.4 Å². The van der Waals surface area contributed by atoms with Crippen LogP contribution in [-0.2, 0) is 25.9 Å². The van der Waals surface area contributed by atoms with Gasteiger partial charge in [-0.1, -0.05) is 18.2 Å². The van der Waals surface area contributed by atoms with Gasteiger partial charge in [-0.05, 0) is 30.9 Å². The summed E-state index contributed by atoms with van der Waals surface area (Å²) in [5.74, 6) is 3.76. The van der Waals surface area contributed by atoms with Crippen LogP contribution in [0.4, 0.5) is 0 Å². The smallest absolute Gasteiger partial charge is 0.191 e. The molecule has 2 N–H and O–H groups in total. The van der Waals surface area contributed by atoms with E-state index in [1.54, 1.807) is 14.2 Å². The van der Waals surface area contributed by atoms with Crippen molar-refractivity contribution < 1.29 is 4.74 Å². The number of ether oxygens (including phenoxy) is 1. The van der Waals surface area contributed by atoms with Crippen LogP contribution in [0.3, 0.4) is 0 Å². The van der Waals surface area contributed by atoms with Gasteiger partial charge in [0.15, 0.2) is 11.8 Å². The van der Waals surface area contributed by atoms with E-state index in [0.29, 0.717) is 6.54 Å². The average Bonchev–Trinajstić information content (AvgIpc) is 3.08. The van der Waals surface area contributed by atoms with Crippen LogP contribution >= 0.6 is 0 Å². The Balaban J connectivity index is 1.49. The van der Waals surface area contributed by atoms with E-state index in [4.69, 9.17) is 4.74 Å². The van der Waals surface area contributed by atoms with Crippen molar-refractivity contribution in [2.75, 3.05) is 20.7 Å². The summed E-state index contributed by atoms with van der Waals surface area (Å²) in [6.45, 7) is 2.42. The molecule has 0 atom stereocenters. The number of para-hydroxylation sites is 1. The number of guanidine groups is 1. The lowest BCUT2D eigenvalue weighted by Crippen LogP contribution is -2.38. The highest BCUT2D eigenvalue weighted by Gasteiger charge is 2.15. The largest absolute Gasteiger partial charge is 0.496 e. The maximum atomic E-state index is 5.39. The molecule has 0 aliphatic carbocycles. The van der Waals surface area contributed by atoms with Crippen molar-refractivity contribution in [1.29, 1.82) is 0 Å². The van der Waals surface area contributed by atoms with Gasteiger partial charge in [-0.2, -0.15) is 0 Å². The summed E-state index contributed by atoms with van der Waals surface area (Å²) >= 11 is 0. The zero-order valence-electron chi connectivity index (χ0n) is 15.0. The lowest BCUT2D eigenvalue weighted by atomic mass is 10.1. The van der Waals surface area contributed by atoms with E-state index >= 15 is 0 Å². The minimum atomic E-state index is 0.626. The predicted molar refractivity (Wildman–Crippen MR) is 97.9 cm³/mol. The normalized spacial score (nSPS) is 14.1. The van der Waals surface area contributed by atoms with Crippen molar-refractivity contribution in [2.24, 2.45) is 4.99 Å². The molecule has 7 nitrogen and oxygen atoms in total. The van der Waals surface area contributed by atoms with Crippen molar-refractivity contribution in [3.63, 3.8) is 0 Å². The fourth-order valence-corrected chi connectivity index (χ4v) is 3.11. The van der Waals surface area contributed by atoms with Crippen molar-refractivity contribution in [3.8, 4) is 5.75 Å². The molecule has 1 aromatic heterocycles. The minimum absolute atomic E-state index is 0.626. The molecule has 1 aromatic carbocycles. The summed E-state index contributed by atoms with van der Waals surface area (Å²) in [5, 5.41) is 15.2. The molecule has 0 amide bonds. The summed E-state index contributed by atoms with van der Waals surface area (Å²) in [6.07, 6.45) is 4.30. The minimum Gasteiger partial charge on any atom is -0.496 e. The third-order valence-corrected chi connectivity index (χ3v) is 4.45. The number of methoxy groups -OCH3 is 1. The molecule has 0 saturated carbocycles. The standard InChI is InChI=1S/C18H26N6O/c1-19-18(20-11-10-14-7-3-4-8-15(14)25-2)21-13-17-23-22-16-9-5-6-12-24(16)17/h3-4,7-8H,5-6,9-13H2,1-2H3,(H2,19,20,21). The maximum absolute atomic E-state index is 5.39. The van der Waals surface area contributed by atoms with Crippen molar-refractivity contribution in [3.05, 3.63) is 41.5 Å². The Kier molecular flexibility index (Phi) is 5.87. The fourth-order valence-electron chi connectivity index (χ4n) is 3.11. The van der Waals surface area contributed by atoms with E-state index in [1.807, 2.05) is 18.2 Å². The first kappa shape index (κ1) is 17.3. The number of nitrogens with one attached hydrogen (secondary N) is 2. The predicted octanol–water partition coefficient (Wildman–Crippen LogP) is 1.53. The van der Waals surface area contributed by atoms with Gasteiger partial charge in [-0.3, -0.25) is 4.99 Å². The number of nitrogens with zero attached hydrogens (tertiary/aromatic N) is 4. The fraction of sp³-hybridized carbons (Fsp3) is 0.500. The molecule has 0 spiro atoms. The van der Waals surface area contributed by atoms with Crippen LogP contribution in [-0.4, -0.2) is 41.4 Å². The van der Waals surface area contributed by atoms with Crippen LogP contribution in [0.15, 0.2) is 29.3 Å². The Labute approximate surface area is 148 Å². The molecule has 1 aliphatic heterocycles. The monoisotopic (exact) mass is 342 g/mol. The quantitative estimate of drug-likeness (QED) is 0.615. The number of fused-ring (bicyclic) bond motifs is 1. The number of rotatable bonds is 6. The number of aryl methyl sites for hydroxylation is 1. The zero-order chi connectivity index (χ0) is 17.5. The first-order chi connectivity index (χ1) is 12.3. The Morgan fingerprint density at radius 2 is 2.12 bits per heavy atom. The number of hydrogen-bond donors (Lipinski definition) is 2. The molecular formula is C18H26N6O. The van der Waals surface area contributed by atoms with E-state index in [1.165, 1.54) is 18.4 Å². The summed E-state index contributed by atoms with van der Waals surface area (Å²) < 4.78 is 7.61. The van der Waals surface area contributed by atoms with Gasteiger partial charge in [0.2, 0.25) is 0 Å². The summed E-state index contributed by atoms with van der Waals surface area (Å²) in [4.78, 5) is 4.28. The lowest BCUT2D eigenvalue weighted by molar-refractivity contribution is 0.409. The lowest BCUT2D eigenvalue weighted by Gasteiger charge is -2.16. The second-order valence-corrected chi connectivity index (χ2v) is 6.06. The molecule has 1 aliphatic rings. The summed E-state index contributed by atoms with van der Waals surface area (Å²) in [6, 6.07) is 8.07. The highest BCUT2D eigenvalue weighted by Crippen LogP contribution is 2.17. The van der Waals surface area contributed by atoms with Gasteiger partial charge in [0.25, 0.3) is 0 Å². The van der Waals surface area contributed by atoms with Gasteiger partial charge in [-0.15, -0.1) is 10.2 Å². The maximum Gasteiger partial charge on any atom is 0.191 e. The molecule has 0 fully saturated rings. The molecule has 0 radical (unpaired) electrons. The third-order valence-electron chi connectivity index (χ3n) is 4.45. The SMILES string of the molecule is CN=C(NCCc1ccccc1OC)NCc1nnc2n1CCCC2. The molecular weight excluding hydrogens is 316 g/mol. The Morgan fingerprint density at radius 3 is 2.96 bits per heavy atom. The molecule has 7 heteroatoms. The van der Waals surface area contributed by atoms with Crippen LogP contribution < -0.4 is 15.4 Å². The molecule has 0 saturated heterocycles. The summed E-state index contributed by atoms with van der Waals surface area (Å²) in [7, 11) is 3.48. The first-order valence-corrected chi connectivity index (χ1v) is 8.79. The van der Waals surface area contributed by atoms with Crippen LogP contribution in [0.1, 0.15) is 30.1 Å². The second kappa shape index (κ2) is 8.50. The van der Waals surface area contributed by atoms with E-state index in [0.717, 1.165) is 49.3 Å². The molecule has 3 rings (SSSR count). The van der Waals surface area contributed by atoms with Gasteiger partial charge in [0.1, 0.15) is 11.6 Å². The Bertz CT molecular complexity index is 724. The molecule has 2 heterocycles. The van der Waals surface area contributed by atoms with Gasteiger partial charge in [-0.25, -0.2) is 0 Å². The topological polar surface area (TPSA) is 76.4 Å². The number of benzene rings is 1. The highest BCUT2D eigenvalue weighted by atomic mass is 16.5. The average molecular weight is 342 g/mol.